The van der Waals surface area contributed by atoms with Crippen molar-refractivity contribution in [1.82, 2.24) is 0 Å². The highest BCUT2D eigenvalue weighted by atomic mass is 16.5. The van der Waals surface area contributed by atoms with Crippen molar-refractivity contribution < 1.29 is 4.74 Å². The van der Waals surface area contributed by atoms with Crippen LogP contribution in [0.15, 0.2) is 18.2 Å². The Morgan fingerprint density at radius 1 is 1.14 bits per heavy atom. The summed E-state index contributed by atoms with van der Waals surface area (Å²) in [4.78, 5) is 0. The maximum absolute atomic E-state index is 6.06. The molecule has 2 heteroatoms. The third kappa shape index (κ3) is 2.56. The largest absolute Gasteiger partial charge is 0.380 e. The molecule has 0 aliphatic heterocycles. The summed E-state index contributed by atoms with van der Waals surface area (Å²) in [6, 6.07) is 6.34. The van der Waals surface area contributed by atoms with Gasteiger partial charge in [-0.3, -0.25) is 0 Å². The number of hydrogen-bond acceptors (Lipinski definition) is 2. The zero-order valence-electron chi connectivity index (χ0n) is 9.37. The first-order chi connectivity index (χ1) is 6.54. The van der Waals surface area contributed by atoms with Crippen molar-refractivity contribution in [3.63, 3.8) is 0 Å². The van der Waals surface area contributed by atoms with Gasteiger partial charge in [0.1, 0.15) is 0 Å². The van der Waals surface area contributed by atoms with E-state index < -0.39 is 0 Å². The monoisotopic (exact) mass is 193 g/mol. The average Bonchev–Trinajstić information content (AvgIpc) is 2.14. The van der Waals surface area contributed by atoms with E-state index in [0.29, 0.717) is 0 Å². The van der Waals surface area contributed by atoms with E-state index in [4.69, 9.17) is 10.5 Å². The molecule has 2 unspecified atom stereocenters. The molecule has 0 radical (unpaired) electrons. The standard InChI is InChI=1S/C12H19NO/c1-8-5-9(2)7-11(6-8)12(13)10(3)14-4/h5-7,10,12H,13H2,1-4H3. The lowest BCUT2D eigenvalue weighted by atomic mass is 9.99. The molecule has 0 spiro atoms. The van der Waals surface area contributed by atoms with Crippen molar-refractivity contribution in [2.75, 3.05) is 7.11 Å². The van der Waals surface area contributed by atoms with Gasteiger partial charge >= 0.3 is 0 Å². The second kappa shape index (κ2) is 4.58. The maximum Gasteiger partial charge on any atom is 0.0735 e. The normalized spacial score (nSPS) is 15.2. The summed E-state index contributed by atoms with van der Waals surface area (Å²) in [7, 11) is 1.69. The number of nitrogens with two attached hydrogens (primary N) is 1. The lowest BCUT2D eigenvalue weighted by molar-refractivity contribution is 0.0956. The smallest absolute Gasteiger partial charge is 0.0735 e. The van der Waals surface area contributed by atoms with Crippen molar-refractivity contribution in [2.24, 2.45) is 5.73 Å². The van der Waals surface area contributed by atoms with Crippen LogP contribution in [0.5, 0.6) is 0 Å². The van der Waals surface area contributed by atoms with Crippen LogP contribution < -0.4 is 5.73 Å². The van der Waals surface area contributed by atoms with Gasteiger partial charge in [-0.15, -0.1) is 0 Å². The molecule has 0 aliphatic rings. The number of hydrogen-bond donors (Lipinski definition) is 1. The van der Waals surface area contributed by atoms with Crippen LogP contribution in [-0.2, 0) is 4.74 Å². The molecule has 0 aliphatic carbocycles. The zero-order chi connectivity index (χ0) is 10.7. The number of benzene rings is 1. The van der Waals surface area contributed by atoms with E-state index in [1.165, 1.54) is 11.1 Å². The molecule has 0 saturated carbocycles. The van der Waals surface area contributed by atoms with Gasteiger partial charge in [-0.2, -0.15) is 0 Å². The van der Waals surface area contributed by atoms with E-state index in [1.54, 1.807) is 7.11 Å². The van der Waals surface area contributed by atoms with E-state index >= 15 is 0 Å². The minimum Gasteiger partial charge on any atom is -0.380 e. The van der Waals surface area contributed by atoms with Crippen molar-refractivity contribution in [3.8, 4) is 0 Å². The van der Waals surface area contributed by atoms with Gasteiger partial charge in [-0.1, -0.05) is 29.3 Å². The van der Waals surface area contributed by atoms with Crippen molar-refractivity contribution >= 4 is 0 Å². The molecule has 2 N–H and O–H groups in total. The maximum atomic E-state index is 6.06. The number of aryl methyl sites for hydroxylation is 2. The third-order valence-corrected chi connectivity index (χ3v) is 2.51. The van der Waals surface area contributed by atoms with E-state index in [0.717, 1.165) is 5.56 Å². The van der Waals surface area contributed by atoms with Crippen LogP contribution in [-0.4, -0.2) is 13.2 Å². The first kappa shape index (κ1) is 11.2. The van der Waals surface area contributed by atoms with Gasteiger partial charge in [0, 0.05) is 7.11 Å². The molecule has 2 nitrogen and oxygen atoms in total. The van der Waals surface area contributed by atoms with Gasteiger partial charge in [-0.25, -0.2) is 0 Å². The first-order valence-corrected chi connectivity index (χ1v) is 4.91. The van der Waals surface area contributed by atoms with Gasteiger partial charge in [-0.05, 0) is 26.3 Å². The van der Waals surface area contributed by atoms with Crippen LogP contribution in [0.3, 0.4) is 0 Å². The van der Waals surface area contributed by atoms with Crippen LogP contribution in [0.4, 0.5) is 0 Å². The molecule has 2 atom stereocenters. The highest BCUT2D eigenvalue weighted by Gasteiger charge is 2.14. The van der Waals surface area contributed by atoms with Crippen molar-refractivity contribution in [3.05, 3.63) is 34.9 Å². The fourth-order valence-corrected chi connectivity index (χ4v) is 1.62. The van der Waals surface area contributed by atoms with Gasteiger partial charge in [0.05, 0.1) is 12.1 Å². The van der Waals surface area contributed by atoms with Crippen LogP contribution in [0.1, 0.15) is 29.7 Å². The molecule has 0 saturated heterocycles. The van der Waals surface area contributed by atoms with Gasteiger partial charge in [0.2, 0.25) is 0 Å². The van der Waals surface area contributed by atoms with E-state index in [1.807, 2.05) is 6.92 Å². The predicted octanol–water partition coefficient (Wildman–Crippen LogP) is 2.34. The molecular weight excluding hydrogens is 174 g/mol. The summed E-state index contributed by atoms with van der Waals surface area (Å²) < 4.78 is 5.22. The lowest BCUT2D eigenvalue weighted by Crippen LogP contribution is -2.25. The quantitative estimate of drug-likeness (QED) is 0.799. The molecule has 0 amide bonds. The summed E-state index contributed by atoms with van der Waals surface area (Å²) in [5, 5.41) is 0. The molecule has 14 heavy (non-hydrogen) atoms. The van der Waals surface area contributed by atoms with E-state index in [2.05, 4.69) is 32.0 Å². The highest BCUT2D eigenvalue weighted by molar-refractivity contribution is 5.30. The fraction of sp³-hybridized carbons (Fsp3) is 0.500. The molecule has 0 fully saturated rings. The minimum atomic E-state index is -0.0430. The van der Waals surface area contributed by atoms with Gasteiger partial charge in [0.15, 0.2) is 0 Å². The van der Waals surface area contributed by atoms with Crippen molar-refractivity contribution in [1.29, 1.82) is 0 Å². The van der Waals surface area contributed by atoms with Gasteiger partial charge < -0.3 is 10.5 Å². The molecule has 0 aromatic heterocycles. The van der Waals surface area contributed by atoms with Crippen LogP contribution >= 0.6 is 0 Å². The Balaban J connectivity index is 2.94. The molecular formula is C12H19NO. The molecule has 1 rings (SSSR count). The number of methoxy groups -OCH3 is 1. The Hall–Kier alpha value is -0.860. The summed E-state index contributed by atoms with van der Waals surface area (Å²) >= 11 is 0. The molecule has 0 bridgehead atoms. The number of ether oxygens (including phenoxy) is 1. The summed E-state index contributed by atoms with van der Waals surface area (Å²) in [5.74, 6) is 0. The summed E-state index contributed by atoms with van der Waals surface area (Å²) in [6.07, 6.45) is 0.0520. The lowest BCUT2D eigenvalue weighted by Gasteiger charge is -2.19. The molecule has 78 valence electrons. The Morgan fingerprint density at radius 2 is 1.64 bits per heavy atom. The summed E-state index contributed by atoms with van der Waals surface area (Å²) in [6.45, 7) is 6.16. The highest BCUT2D eigenvalue weighted by Crippen LogP contribution is 2.19. The second-order valence-electron chi connectivity index (χ2n) is 3.89. The average molecular weight is 193 g/mol. The summed E-state index contributed by atoms with van der Waals surface area (Å²) in [5.41, 5.74) is 9.71. The Morgan fingerprint density at radius 3 is 2.07 bits per heavy atom. The first-order valence-electron chi connectivity index (χ1n) is 4.91. The Kier molecular flexibility index (Phi) is 3.67. The molecule has 1 aromatic rings. The van der Waals surface area contributed by atoms with Gasteiger partial charge in [0.25, 0.3) is 0 Å². The predicted molar refractivity (Wildman–Crippen MR) is 59.3 cm³/mol. The van der Waals surface area contributed by atoms with Crippen LogP contribution in [0.2, 0.25) is 0 Å². The van der Waals surface area contributed by atoms with Crippen molar-refractivity contribution in [2.45, 2.75) is 32.9 Å². The minimum absolute atomic E-state index is 0.0430. The zero-order valence-corrected chi connectivity index (χ0v) is 9.37. The van der Waals surface area contributed by atoms with E-state index in [-0.39, 0.29) is 12.1 Å². The number of rotatable bonds is 3. The fourth-order valence-electron chi connectivity index (χ4n) is 1.62. The SMILES string of the molecule is COC(C)C(N)c1cc(C)cc(C)c1. The van der Waals surface area contributed by atoms with E-state index in [9.17, 15) is 0 Å². The molecule has 1 aromatic carbocycles. The third-order valence-electron chi connectivity index (χ3n) is 2.51. The van der Waals surface area contributed by atoms with Crippen LogP contribution in [0, 0.1) is 13.8 Å². The van der Waals surface area contributed by atoms with Crippen LogP contribution in [0.25, 0.3) is 0 Å². The Bertz CT molecular complexity index is 289. The molecule has 0 heterocycles. The topological polar surface area (TPSA) is 35.2 Å². The Labute approximate surface area is 86.1 Å². The second-order valence-corrected chi connectivity index (χ2v) is 3.89.